The third-order valence-corrected chi connectivity index (χ3v) is 4.28. The quantitative estimate of drug-likeness (QED) is 0.345. The SMILES string of the molecule is CCCCCCCCCCCCOCCCP(=O)(O)O. The van der Waals surface area contributed by atoms with Crippen molar-refractivity contribution in [3.8, 4) is 0 Å². The summed E-state index contributed by atoms with van der Waals surface area (Å²) in [6.07, 6.45) is 13.4. The molecule has 0 aliphatic carbocycles. The normalized spacial score (nSPS) is 11.9. The third-order valence-electron chi connectivity index (χ3n) is 3.38. The molecule has 0 aromatic rings. The zero-order valence-corrected chi connectivity index (χ0v) is 14.0. The van der Waals surface area contributed by atoms with Crippen molar-refractivity contribution < 1.29 is 19.1 Å². The van der Waals surface area contributed by atoms with Gasteiger partial charge in [0.1, 0.15) is 0 Å². The molecule has 0 aliphatic heterocycles. The Labute approximate surface area is 124 Å². The van der Waals surface area contributed by atoms with Gasteiger partial charge in [0, 0.05) is 13.2 Å². The average Bonchev–Trinajstić information content (AvgIpc) is 2.38. The Bertz CT molecular complexity index is 240. The summed E-state index contributed by atoms with van der Waals surface area (Å²) < 4.78 is 15.9. The molecule has 0 spiro atoms. The summed E-state index contributed by atoms with van der Waals surface area (Å²) in [5.41, 5.74) is 0. The summed E-state index contributed by atoms with van der Waals surface area (Å²) in [4.78, 5) is 17.3. The van der Waals surface area contributed by atoms with Gasteiger partial charge in [-0.15, -0.1) is 0 Å². The Hall–Kier alpha value is 0.110. The highest BCUT2D eigenvalue weighted by Gasteiger charge is 2.11. The van der Waals surface area contributed by atoms with Gasteiger partial charge in [0.05, 0.1) is 6.16 Å². The Morgan fingerprint density at radius 3 is 1.70 bits per heavy atom. The van der Waals surface area contributed by atoms with Crippen LogP contribution in [0.5, 0.6) is 0 Å². The van der Waals surface area contributed by atoms with Crippen molar-refractivity contribution in [3.63, 3.8) is 0 Å². The molecule has 0 saturated carbocycles. The van der Waals surface area contributed by atoms with Crippen LogP contribution in [0.2, 0.25) is 0 Å². The van der Waals surface area contributed by atoms with Crippen LogP contribution in [-0.2, 0) is 9.30 Å². The summed E-state index contributed by atoms with van der Waals surface area (Å²) >= 11 is 0. The summed E-state index contributed by atoms with van der Waals surface area (Å²) in [6.45, 7) is 3.43. The number of hydrogen-bond donors (Lipinski definition) is 2. The molecular weight excluding hydrogens is 275 g/mol. The van der Waals surface area contributed by atoms with Gasteiger partial charge in [-0.1, -0.05) is 64.7 Å². The van der Waals surface area contributed by atoms with Crippen LogP contribution in [0.15, 0.2) is 0 Å². The van der Waals surface area contributed by atoms with Crippen molar-refractivity contribution in [2.24, 2.45) is 0 Å². The molecule has 0 radical (unpaired) electrons. The van der Waals surface area contributed by atoms with Gasteiger partial charge in [0.15, 0.2) is 0 Å². The molecule has 0 amide bonds. The van der Waals surface area contributed by atoms with Gasteiger partial charge in [-0.25, -0.2) is 0 Å². The van der Waals surface area contributed by atoms with E-state index in [0.29, 0.717) is 13.0 Å². The molecular formula is C15H33O4P. The topological polar surface area (TPSA) is 66.8 Å². The fourth-order valence-corrected chi connectivity index (χ4v) is 2.71. The first kappa shape index (κ1) is 20.1. The molecule has 0 heterocycles. The summed E-state index contributed by atoms with van der Waals surface area (Å²) in [7, 11) is -3.83. The molecule has 2 N–H and O–H groups in total. The molecule has 0 saturated heterocycles. The van der Waals surface area contributed by atoms with Gasteiger partial charge in [-0.05, 0) is 12.8 Å². The third kappa shape index (κ3) is 18.1. The second-order valence-electron chi connectivity index (χ2n) is 5.54. The fraction of sp³-hybridized carbons (Fsp3) is 1.00. The molecule has 122 valence electrons. The lowest BCUT2D eigenvalue weighted by atomic mass is 10.1. The minimum absolute atomic E-state index is 0.0645. The Morgan fingerprint density at radius 2 is 1.20 bits per heavy atom. The molecule has 0 aliphatic rings. The van der Waals surface area contributed by atoms with Gasteiger partial charge in [-0.3, -0.25) is 4.57 Å². The monoisotopic (exact) mass is 308 g/mol. The smallest absolute Gasteiger partial charge is 0.325 e. The fourth-order valence-electron chi connectivity index (χ4n) is 2.17. The van der Waals surface area contributed by atoms with E-state index in [1.807, 2.05) is 0 Å². The predicted molar refractivity (Wildman–Crippen MR) is 84.2 cm³/mol. The number of rotatable bonds is 15. The molecule has 0 fully saturated rings. The van der Waals surface area contributed by atoms with Crippen LogP contribution < -0.4 is 0 Å². The van der Waals surface area contributed by atoms with E-state index in [2.05, 4.69) is 6.92 Å². The van der Waals surface area contributed by atoms with E-state index in [4.69, 9.17) is 14.5 Å². The van der Waals surface area contributed by atoms with E-state index >= 15 is 0 Å². The van der Waals surface area contributed by atoms with E-state index in [1.165, 1.54) is 57.8 Å². The minimum atomic E-state index is -3.83. The molecule has 0 bridgehead atoms. The number of hydrogen-bond acceptors (Lipinski definition) is 2. The molecule has 5 heteroatoms. The molecule has 4 nitrogen and oxygen atoms in total. The van der Waals surface area contributed by atoms with Crippen LogP contribution in [-0.4, -0.2) is 29.2 Å². The number of unbranched alkanes of at least 4 members (excludes halogenated alkanes) is 9. The molecule has 0 atom stereocenters. The average molecular weight is 308 g/mol. The number of ether oxygens (including phenoxy) is 1. The summed E-state index contributed by atoms with van der Waals surface area (Å²) in [6, 6.07) is 0. The van der Waals surface area contributed by atoms with Crippen LogP contribution in [0.25, 0.3) is 0 Å². The molecule has 20 heavy (non-hydrogen) atoms. The van der Waals surface area contributed by atoms with Crippen LogP contribution >= 0.6 is 7.60 Å². The Morgan fingerprint density at radius 1 is 0.750 bits per heavy atom. The van der Waals surface area contributed by atoms with Crippen LogP contribution in [0.3, 0.4) is 0 Å². The first-order chi connectivity index (χ1) is 9.56. The maximum atomic E-state index is 10.6. The largest absolute Gasteiger partial charge is 0.381 e. The molecule has 0 aromatic carbocycles. The zero-order valence-electron chi connectivity index (χ0n) is 13.1. The van der Waals surface area contributed by atoms with Gasteiger partial charge >= 0.3 is 7.60 Å². The van der Waals surface area contributed by atoms with Crippen LogP contribution in [0, 0.1) is 0 Å². The van der Waals surface area contributed by atoms with Crippen molar-refractivity contribution in [3.05, 3.63) is 0 Å². The lowest BCUT2D eigenvalue weighted by molar-refractivity contribution is 0.130. The summed E-state index contributed by atoms with van der Waals surface area (Å²) in [5, 5.41) is 0. The molecule has 0 rings (SSSR count). The second kappa shape index (κ2) is 14.1. The van der Waals surface area contributed by atoms with Crippen LogP contribution in [0.1, 0.15) is 77.6 Å². The van der Waals surface area contributed by atoms with Crippen molar-refractivity contribution in [2.45, 2.75) is 77.6 Å². The first-order valence-electron chi connectivity index (χ1n) is 8.18. The van der Waals surface area contributed by atoms with Crippen molar-refractivity contribution in [1.29, 1.82) is 0 Å². The van der Waals surface area contributed by atoms with Crippen LogP contribution in [0.4, 0.5) is 0 Å². The highest BCUT2D eigenvalue weighted by molar-refractivity contribution is 7.51. The lowest BCUT2D eigenvalue weighted by Gasteiger charge is -2.05. The van der Waals surface area contributed by atoms with Crippen molar-refractivity contribution in [1.82, 2.24) is 0 Å². The van der Waals surface area contributed by atoms with Crippen molar-refractivity contribution in [2.75, 3.05) is 19.4 Å². The van der Waals surface area contributed by atoms with E-state index in [-0.39, 0.29) is 6.16 Å². The Balaban J connectivity index is 3.01. The lowest BCUT2D eigenvalue weighted by Crippen LogP contribution is -2.00. The maximum Gasteiger partial charge on any atom is 0.325 e. The van der Waals surface area contributed by atoms with Crippen molar-refractivity contribution >= 4 is 7.60 Å². The predicted octanol–water partition coefficient (Wildman–Crippen LogP) is 4.49. The second-order valence-corrected chi connectivity index (χ2v) is 7.31. The van der Waals surface area contributed by atoms with Gasteiger partial charge in [0.25, 0.3) is 0 Å². The van der Waals surface area contributed by atoms with E-state index in [1.54, 1.807) is 0 Å². The Kier molecular flexibility index (Phi) is 14.1. The standard InChI is InChI=1S/C15H33O4P/c1-2-3-4-5-6-7-8-9-10-11-13-19-14-12-15-20(16,17)18/h2-15H2,1H3,(H2,16,17,18). The zero-order chi connectivity index (χ0) is 15.1. The first-order valence-corrected chi connectivity index (χ1v) is 9.98. The van der Waals surface area contributed by atoms with E-state index < -0.39 is 7.60 Å². The molecule has 0 unspecified atom stereocenters. The van der Waals surface area contributed by atoms with Gasteiger partial charge in [-0.2, -0.15) is 0 Å². The summed E-state index contributed by atoms with van der Waals surface area (Å²) in [5.74, 6) is 0. The van der Waals surface area contributed by atoms with Gasteiger partial charge in [0.2, 0.25) is 0 Å². The van der Waals surface area contributed by atoms with Gasteiger partial charge < -0.3 is 14.5 Å². The minimum Gasteiger partial charge on any atom is -0.381 e. The molecule has 0 aromatic heterocycles. The van der Waals surface area contributed by atoms with E-state index in [0.717, 1.165) is 13.0 Å². The highest BCUT2D eigenvalue weighted by atomic mass is 31.2. The highest BCUT2D eigenvalue weighted by Crippen LogP contribution is 2.34. The maximum absolute atomic E-state index is 10.6. The van der Waals surface area contributed by atoms with E-state index in [9.17, 15) is 4.57 Å².